The van der Waals surface area contributed by atoms with Gasteiger partial charge in [-0.05, 0) is 35.1 Å². The highest BCUT2D eigenvalue weighted by Crippen LogP contribution is 2.14. The van der Waals surface area contributed by atoms with E-state index in [9.17, 15) is 4.79 Å². The molecular formula is C11H17IN4O. The second kappa shape index (κ2) is 5.34. The van der Waals surface area contributed by atoms with Gasteiger partial charge < -0.3 is 5.32 Å². The molecule has 2 heterocycles. The molecule has 1 unspecified atom stereocenters. The molecule has 1 amide bonds. The number of nitrogens with one attached hydrogen (secondary N) is 1. The zero-order chi connectivity index (χ0) is 12.4. The first-order valence-electron chi connectivity index (χ1n) is 5.82. The second-order valence-electron chi connectivity index (χ2n) is 4.27. The molecule has 0 spiro atoms. The summed E-state index contributed by atoms with van der Waals surface area (Å²) in [5.74, 6) is 0.143. The number of aromatic nitrogens is 2. The molecule has 1 aliphatic heterocycles. The van der Waals surface area contributed by atoms with Gasteiger partial charge in [0.25, 0.3) is 0 Å². The molecule has 0 aliphatic carbocycles. The highest BCUT2D eigenvalue weighted by molar-refractivity contribution is 14.1. The standard InChI is InChI=1S/C11H17IN4O/c1-3-9-11(17)13-4-5-16(9)7-8-6-10(12)15(2)14-8/h6,9H,3-5,7H2,1-2H3,(H,13,17). The lowest BCUT2D eigenvalue weighted by molar-refractivity contribution is -0.129. The van der Waals surface area contributed by atoms with E-state index in [0.29, 0.717) is 0 Å². The zero-order valence-corrected chi connectivity index (χ0v) is 12.3. The third-order valence-electron chi connectivity index (χ3n) is 3.07. The van der Waals surface area contributed by atoms with Gasteiger partial charge in [0.1, 0.15) is 0 Å². The summed E-state index contributed by atoms with van der Waals surface area (Å²) in [5.41, 5.74) is 1.03. The number of hydrogen-bond donors (Lipinski definition) is 1. The largest absolute Gasteiger partial charge is 0.353 e. The first-order valence-corrected chi connectivity index (χ1v) is 6.90. The van der Waals surface area contributed by atoms with E-state index in [2.05, 4.69) is 44.0 Å². The molecule has 1 N–H and O–H groups in total. The van der Waals surface area contributed by atoms with Crippen molar-refractivity contribution in [2.45, 2.75) is 25.9 Å². The Bertz CT molecular complexity index is 398. The Morgan fingerprint density at radius 1 is 1.65 bits per heavy atom. The summed E-state index contributed by atoms with van der Waals surface area (Å²) in [6.07, 6.45) is 0.843. The molecule has 1 saturated heterocycles. The van der Waals surface area contributed by atoms with Gasteiger partial charge in [-0.2, -0.15) is 5.10 Å². The molecule has 1 fully saturated rings. The van der Waals surface area contributed by atoms with Crippen LogP contribution in [0.1, 0.15) is 19.0 Å². The van der Waals surface area contributed by atoms with Gasteiger partial charge in [-0.1, -0.05) is 6.92 Å². The van der Waals surface area contributed by atoms with Gasteiger partial charge in [0.15, 0.2) is 0 Å². The SMILES string of the molecule is CCC1C(=O)NCCN1Cc1cc(I)n(C)n1. The Balaban J connectivity index is 2.08. The predicted octanol–water partition coefficient (Wildman–Crippen LogP) is 0.735. The molecule has 2 rings (SSSR count). The van der Waals surface area contributed by atoms with Gasteiger partial charge in [-0.3, -0.25) is 14.4 Å². The number of nitrogens with zero attached hydrogens (tertiary/aromatic N) is 3. The minimum atomic E-state index is -0.0107. The Morgan fingerprint density at radius 3 is 3.00 bits per heavy atom. The number of aryl methyl sites for hydroxylation is 1. The summed E-state index contributed by atoms with van der Waals surface area (Å²) in [6, 6.07) is 2.06. The van der Waals surface area contributed by atoms with Crippen molar-refractivity contribution in [1.29, 1.82) is 0 Å². The van der Waals surface area contributed by atoms with Gasteiger partial charge in [0.2, 0.25) is 5.91 Å². The van der Waals surface area contributed by atoms with Crippen molar-refractivity contribution in [1.82, 2.24) is 20.0 Å². The minimum absolute atomic E-state index is 0.0107. The fraction of sp³-hybridized carbons (Fsp3) is 0.636. The molecule has 94 valence electrons. The van der Waals surface area contributed by atoms with Crippen LogP contribution in [0.5, 0.6) is 0 Å². The molecule has 6 heteroatoms. The molecule has 0 radical (unpaired) electrons. The van der Waals surface area contributed by atoms with E-state index in [1.807, 2.05) is 18.7 Å². The molecule has 5 nitrogen and oxygen atoms in total. The van der Waals surface area contributed by atoms with Crippen molar-refractivity contribution in [3.8, 4) is 0 Å². The first-order chi connectivity index (χ1) is 8.11. The van der Waals surface area contributed by atoms with Crippen LogP contribution in [0.15, 0.2) is 6.07 Å². The molecular weight excluding hydrogens is 331 g/mol. The van der Waals surface area contributed by atoms with Crippen molar-refractivity contribution in [3.63, 3.8) is 0 Å². The molecule has 0 bridgehead atoms. The maximum atomic E-state index is 11.7. The van der Waals surface area contributed by atoms with Crippen molar-refractivity contribution < 1.29 is 4.79 Å². The summed E-state index contributed by atoms with van der Waals surface area (Å²) in [4.78, 5) is 13.9. The molecule has 0 saturated carbocycles. The van der Waals surface area contributed by atoms with Crippen molar-refractivity contribution in [3.05, 3.63) is 15.5 Å². The summed E-state index contributed by atoms with van der Waals surface area (Å²) in [6.45, 7) is 4.43. The number of halogens is 1. The fourth-order valence-corrected chi connectivity index (χ4v) is 2.65. The van der Waals surface area contributed by atoms with Gasteiger partial charge >= 0.3 is 0 Å². The molecule has 1 aromatic rings. The minimum Gasteiger partial charge on any atom is -0.353 e. The number of amides is 1. The van der Waals surface area contributed by atoms with Crippen LogP contribution in [0.2, 0.25) is 0 Å². The monoisotopic (exact) mass is 348 g/mol. The maximum Gasteiger partial charge on any atom is 0.237 e. The lowest BCUT2D eigenvalue weighted by atomic mass is 10.1. The maximum absolute atomic E-state index is 11.7. The lowest BCUT2D eigenvalue weighted by Gasteiger charge is -2.33. The van der Waals surface area contributed by atoms with Crippen LogP contribution in [0.4, 0.5) is 0 Å². The smallest absolute Gasteiger partial charge is 0.237 e. The van der Waals surface area contributed by atoms with Crippen LogP contribution >= 0.6 is 22.6 Å². The Kier molecular flexibility index (Phi) is 4.03. The highest BCUT2D eigenvalue weighted by atomic mass is 127. The molecule has 1 atom stereocenters. The zero-order valence-electron chi connectivity index (χ0n) is 10.1. The highest BCUT2D eigenvalue weighted by Gasteiger charge is 2.28. The molecule has 1 aromatic heterocycles. The van der Waals surface area contributed by atoms with Gasteiger partial charge in [0, 0.05) is 26.7 Å². The second-order valence-corrected chi connectivity index (χ2v) is 5.37. The van der Waals surface area contributed by atoms with Crippen molar-refractivity contribution >= 4 is 28.5 Å². The van der Waals surface area contributed by atoms with Crippen LogP contribution in [-0.2, 0) is 18.4 Å². The number of hydrogen-bond acceptors (Lipinski definition) is 3. The van der Waals surface area contributed by atoms with Gasteiger partial charge in [-0.25, -0.2) is 0 Å². The molecule has 1 aliphatic rings. The van der Waals surface area contributed by atoms with E-state index in [0.717, 1.165) is 35.4 Å². The number of carbonyl (C=O) groups excluding carboxylic acids is 1. The van der Waals surface area contributed by atoms with Crippen LogP contribution in [0, 0.1) is 3.70 Å². The van der Waals surface area contributed by atoms with Crippen LogP contribution in [-0.4, -0.2) is 39.7 Å². The lowest BCUT2D eigenvalue weighted by Crippen LogP contribution is -2.54. The first kappa shape index (κ1) is 12.8. The van der Waals surface area contributed by atoms with Crippen LogP contribution < -0.4 is 5.32 Å². The summed E-state index contributed by atoms with van der Waals surface area (Å²) >= 11 is 2.26. The van der Waals surface area contributed by atoms with E-state index >= 15 is 0 Å². The third kappa shape index (κ3) is 2.79. The molecule has 17 heavy (non-hydrogen) atoms. The van der Waals surface area contributed by atoms with Crippen molar-refractivity contribution in [2.75, 3.05) is 13.1 Å². The quantitative estimate of drug-likeness (QED) is 0.820. The Morgan fingerprint density at radius 2 is 2.41 bits per heavy atom. The van der Waals surface area contributed by atoms with E-state index in [1.165, 1.54) is 0 Å². The van der Waals surface area contributed by atoms with E-state index in [1.54, 1.807) is 0 Å². The van der Waals surface area contributed by atoms with E-state index < -0.39 is 0 Å². The normalized spacial score (nSPS) is 21.6. The summed E-state index contributed by atoms with van der Waals surface area (Å²) < 4.78 is 2.98. The topological polar surface area (TPSA) is 50.2 Å². The number of rotatable bonds is 3. The number of piperazine rings is 1. The Labute approximate surface area is 115 Å². The Hall–Kier alpha value is -0.630. The van der Waals surface area contributed by atoms with Crippen LogP contribution in [0.3, 0.4) is 0 Å². The summed E-state index contributed by atoms with van der Waals surface area (Å²) in [7, 11) is 1.94. The average Bonchev–Trinajstić information content (AvgIpc) is 2.58. The number of carbonyl (C=O) groups is 1. The van der Waals surface area contributed by atoms with E-state index in [-0.39, 0.29) is 11.9 Å². The summed E-state index contributed by atoms with van der Waals surface area (Å²) in [5, 5.41) is 7.34. The fourth-order valence-electron chi connectivity index (χ4n) is 2.18. The van der Waals surface area contributed by atoms with E-state index in [4.69, 9.17) is 0 Å². The predicted molar refractivity (Wildman–Crippen MR) is 73.4 cm³/mol. The van der Waals surface area contributed by atoms with Crippen molar-refractivity contribution in [2.24, 2.45) is 7.05 Å². The van der Waals surface area contributed by atoms with Crippen LogP contribution in [0.25, 0.3) is 0 Å². The van der Waals surface area contributed by atoms with Gasteiger partial charge in [-0.15, -0.1) is 0 Å². The molecule has 0 aromatic carbocycles. The average molecular weight is 348 g/mol. The van der Waals surface area contributed by atoms with Gasteiger partial charge in [0.05, 0.1) is 15.4 Å². The third-order valence-corrected chi connectivity index (χ3v) is 4.08.